The molecule has 8 heteroatoms. The third-order valence-corrected chi connectivity index (χ3v) is 4.85. The summed E-state index contributed by atoms with van der Waals surface area (Å²) < 4.78 is 11.3. The van der Waals surface area contributed by atoms with Crippen LogP contribution in [0.4, 0.5) is 0 Å². The van der Waals surface area contributed by atoms with Gasteiger partial charge in [-0.25, -0.2) is 0 Å². The lowest BCUT2D eigenvalue weighted by atomic mass is 9.91. The van der Waals surface area contributed by atoms with Crippen molar-refractivity contribution in [2.75, 3.05) is 6.61 Å². The van der Waals surface area contributed by atoms with Gasteiger partial charge in [0.1, 0.15) is 42.9 Å². The second-order valence-electron chi connectivity index (χ2n) is 6.39. The number of hydrogen-bond donors (Lipinski definition) is 4. The summed E-state index contributed by atoms with van der Waals surface area (Å²) in [5.41, 5.74) is 1.39. The first kappa shape index (κ1) is 20.4. The summed E-state index contributed by atoms with van der Waals surface area (Å²) in [7, 11) is 0. The molecule has 1 heterocycles. The van der Waals surface area contributed by atoms with Gasteiger partial charge in [0.15, 0.2) is 0 Å². The highest BCUT2D eigenvalue weighted by atomic mass is 35.5. The van der Waals surface area contributed by atoms with E-state index >= 15 is 0 Å². The minimum atomic E-state index is -1.42. The Labute approximate surface area is 166 Å². The van der Waals surface area contributed by atoms with Gasteiger partial charge in [-0.3, -0.25) is 0 Å². The van der Waals surface area contributed by atoms with E-state index < -0.39 is 37.1 Å². The van der Waals surface area contributed by atoms with E-state index in [1.165, 1.54) is 0 Å². The average molecular weight is 415 g/mol. The minimum Gasteiger partial charge on any atom is -0.489 e. The van der Waals surface area contributed by atoms with Gasteiger partial charge in [0.2, 0.25) is 0 Å². The minimum absolute atomic E-state index is 0.224. The molecule has 2 aromatic rings. The van der Waals surface area contributed by atoms with Crippen molar-refractivity contribution in [3.05, 3.63) is 63.6 Å². The summed E-state index contributed by atoms with van der Waals surface area (Å²) in [5.74, 6) is 0.519. The van der Waals surface area contributed by atoms with Crippen molar-refractivity contribution in [1.29, 1.82) is 0 Å². The van der Waals surface area contributed by atoms with Crippen molar-refractivity contribution in [2.45, 2.75) is 37.1 Å². The second-order valence-corrected chi connectivity index (χ2v) is 7.26. The number of rotatable bonds is 5. The smallest absolute Gasteiger partial charge is 0.122 e. The maximum Gasteiger partial charge on any atom is 0.122 e. The molecule has 1 saturated heterocycles. The van der Waals surface area contributed by atoms with Crippen LogP contribution in [0.15, 0.2) is 42.5 Å². The molecular weight excluding hydrogens is 395 g/mol. The molecule has 0 bridgehead atoms. The summed E-state index contributed by atoms with van der Waals surface area (Å²) in [5, 5.41) is 40.4. The Morgan fingerprint density at radius 1 is 0.926 bits per heavy atom. The van der Waals surface area contributed by atoms with Gasteiger partial charge in [-0.05, 0) is 35.4 Å². The van der Waals surface area contributed by atoms with Crippen LogP contribution in [0.2, 0.25) is 10.0 Å². The molecule has 1 unspecified atom stereocenters. The number of benzene rings is 2. The van der Waals surface area contributed by atoms with Crippen LogP contribution in [0.3, 0.4) is 0 Å². The Bertz CT molecular complexity index is 764. The summed E-state index contributed by atoms with van der Waals surface area (Å²) in [4.78, 5) is 0. The van der Waals surface area contributed by atoms with Gasteiger partial charge in [-0.15, -0.1) is 0 Å². The zero-order valence-corrected chi connectivity index (χ0v) is 15.7. The number of ether oxygens (including phenoxy) is 2. The van der Waals surface area contributed by atoms with Crippen LogP contribution >= 0.6 is 23.2 Å². The Hall–Kier alpha value is -1.38. The van der Waals surface area contributed by atoms with Gasteiger partial charge in [0.05, 0.1) is 6.61 Å². The van der Waals surface area contributed by atoms with Gasteiger partial charge in [-0.2, -0.15) is 0 Å². The van der Waals surface area contributed by atoms with Crippen LogP contribution in [0.25, 0.3) is 0 Å². The van der Waals surface area contributed by atoms with Crippen LogP contribution in [0.5, 0.6) is 5.75 Å². The summed E-state index contributed by atoms with van der Waals surface area (Å²) in [6.07, 6.45) is -5.98. The van der Waals surface area contributed by atoms with Crippen molar-refractivity contribution >= 4 is 23.2 Å². The first-order valence-corrected chi connectivity index (χ1v) is 9.13. The van der Waals surface area contributed by atoms with E-state index in [9.17, 15) is 20.4 Å². The molecule has 2 aromatic carbocycles. The zero-order valence-electron chi connectivity index (χ0n) is 14.2. The first-order valence-electron chi connectivity index (χ1n) is 8.37. The fourth-order valence-electron chi connectivity index (χ4n) is 3.02. The van der Waals surface area contributed by atoms with Crippen molar-refractivity contribution < 1.29 is 29.9 Å². The lowest BCUT2D eigenvalue weighted by molar-refractivity contribution is -0.231. The highest BCUT2D eigenvalue weighted by molar-refractivity contribution is 6.34. The molecule has 1 aliphatic rings. The van der Waals surface area contributed by atoms with Crippen LogP contribution in [-0.2, 0) is 11.3 Å². The van der Waals surface area contributed by atoms with Crippen LogP contribution < -0.4 is 4.74 Å². The number of hydrogen-bond acceptors (Lipinski definition) is 6. The van der Waals surface area contributed by atoms with Crippen molar-refractivity contribution in [3.63, 3.8) is 0 Å². The first-order chi connectivity index (χ1) is 12.9. The normalized spacial score (nSPS) is 28.1. The van der Waals surface area contributed by atoms with Gasteiger partial charge in [-0.1, -0.05) is 41.4 Å². The zero-order chi connectivity index (χ0) is 19.6. The van der Waals surface area contributed by atoms with Gasteiger partial charge in [0.25, 0.3) is 0 Å². The van der Waals surface area contributed by atoms with Gasteiger partial charge < -0.3 is 29.9 Å². The van der Waals surface area contributed by atoms with E-state index in [1.807, 2.05) is 6.07 Å². The molecule has 0 aliphatic carbocycles. The van der Waals surface area contributed by atoms with E-state index in [1.54, 1.807) is 36.4 Å². The van der Waals surface area contributed by atoms with E-state index in [-0.39, 0.29) is 6.61 Å². The Morgan fingerprint density at radius 2 is 1.63 bits per heavy atom. The molecular formula is C19H20Cl2O6. The van der Waals surface area contributed by atoms with Crippen molar-refractivity contribution in [3.8, 4) is 5.75 Å². The molecule has 3 rings (SSSR count). The maximum absolute atomic E-state index is 10.3. The monoisotopic (exact) mass is 414 g/mol. The molecule has 0 radical (unpaired) electrons. The second kappa shape index (κ2) is 8.75. The molecule has 0 spiro atoms. The molecule has 146 valence electrons. The molecule has 0 aromatic heterocycles. The molecule has 1 aliphatic heterocycles. The Balaban J connectivity index is 1.74. The molecule has 4 N–H and O–H groups in total. The molecule has 5 atom stereocenters. The predicted octanol–water partition coefficient (Wildman–Crippen LogP) is 2.09. The summed E-state index contributed by atoms with van der Waals surface area (Å²) in [6, 6.07) is 12.0. The number of aliphatic hydroxyl groups is 4. The third kappa shape index (κ3) is 4.73. The fraction of sp³-hybridized carbons (Fsp3) is 0.368. The number of aliphatic hydroxyl groups excluding tert-OH is 4. The van der Waals surface area contributed by atoms with Crippen molar-refractivity contribution in [1.82, 2.24) is 0 Å². The molecule has 0 saturated carbocycles. The van der Waals surface area contributed by atoms with E-state index in [2.05, 4.69) is 0 Å². The van der Waals surface area contributed by atoms with E-state index in [0.29, 0.717) is 21.4 Å². The number of halogens is 2. The molecule has 0 amide bonds. The van der Waals surface area contributed by atoms with Crippen LogP contribution in [0.1, 0.15) is 17.2 Å². The highest BCUT2D eigenvalue weighted by Crippen LogP contribution is 2.33. The predicted molar refractivity (Wildman–Crippen MR) is 100.0 cm³/mol. The van der Waals surface area contributed by atoms with Crippen molar-refractivity contribution in [2.24, 2.45) is 0 Å². The summed E-state index contributed by atoms with van der Waals surface area (Å²) in [6.45, 7) is -0.248. The van der Waals surface area contributed by atoms with Crippen LogP contribution in [0, 0.1) is 0 Å². The lowest BCUT2D eigenvalue weighted by Crippen LogP contribution is -2.55. The summed E-state index contributed by atoms with van der Waals surface area (Å²) >= 11 is 11.9. The molecule has 6 nitrogen and oxygen atoms in total. The quantitative estimate of drug-likeness (QED) is 0.597. The Morgan fingerprint density at radius 3 is 2.30 bits per heavy atom. The topological polar surface area (TPSA) is 99.4 Å². The maximum atomic E-state index is 10.3. The van der Waals surface area contributed by atoms with Gasteiger partial charge >= 0.3 is 0 Å². The van der Waals surface area contributed by atoms with Gasteiger partial charge in [0, 0.05) is 10.0 Å². The SMILES string of the molecule is OC[C@H]1OC(c2cccc(COc3cc(Cl)cc(Cl)c3)c2)[C@@H](O)[C@@H](O)[C@@H]1O. The van der Waals surface area contributed by atoms with E-state index in [4.69, 9.17) is 32.7 Å². The van der Waals surface area contributed by atoms with E-state index in [0.717, 1.165) is 5.56 Å². The molecule has 1 fully saturated rings. The lowest BCUT2D eigenvalue weighted by Gasteiger charge is -2.40. The third-order valence-electron chi connectivity index (χ3n) is 4.41. The average Bonchev–Trinajstić information content (AvgIpc) is 2.64. The highest BCUT2D eigenvalue weighted by Gasteiger charge is 2.43. The fourth-order valence-corrected chi connectivity index (χ4v) is 3.52. The molecule has 27 heavy (non-hydrogen) atoms. The Kier molecular flexibility index (Phi) is 6.60. The standard InChI is InChI=1S/C19H20Cl2O6/c20-12-5-13(21)7-14(6-12)26-9-10-2-1-3-11(4-10)19-18(25)17(24)16(23)15(8-22)27-19/h1-7,15-19,22-25H,8-9H2/t15-,16-,17+,18+,19?/m1/s1. The van der Waals surface area contributed by atoms with Crippen LogP contribution in [-0.4, -0.2) is 51.4 Å². The largest absolute Gasteiger partial charge is 0.489 e.